The van der Waals surface area contributed by atoms with Gasteiger partial charge in [-0.05, 0) is 157 Å². The first kappa shape index (κ1) is 44.9. The highest BCUT2D eigenvalue weighted by molar-refractivity contribution is 5.85. The van der Waals surface area contributed by atoms with Crippen molar-refractivity contribution in [3.05, 3.63) is 83.9 Å². The molecule has 0 spiro atoms. The molecule has 4 aromatic carbocycles. The zero-order valence-corrected chi connectivity index (χ0v) is 38.4. The average molecular weight is 833 g/mol. The summed E-state index contributed by atoms with van der Waals surface area (Å²) in [5.41, 5.74) is 3.32. The predicted octanol–water partition coefficient (Wildman–Crippen LogP) is 11.9. The number of methoxy groups -OCH3 is 1. The van der Waals surface area contributed by atoms with Crippen LogP contribution in [0.2, 0.25) is 0 Å². The average Bonchev–Trinajstić information content (AvgIpc) is 3.19. The van der Waals surface area contributed by atoms with Crippen LogP contribution >= 0.6 is 0 Å². The van der Waals surface area contributed by atoms with E-state index < -0.39 is 5.97 Å². The minimum atomic E-state index is -0.684. The molecule has 0 bridgehead atoms. The summed E-state index contributed by atoms with van der Waals surface area (Å²) in [6.45, 7) is 21.3. The van der Waals surface area contributed by atoms with Crippen molar-refractivity contribution in [3.63, 3.8) is 0 Å². The van der Waals surface area contributed by atoms with E-state index in [1.54, 1.807) is 0 Å². The summed E-state index contributed by atoms with van der Waals surface area (Å²) in [6, 6.07) is 26.6. The third-order valence-corrected chi connectivity index (χ3v) is 14.8. The van der Waals surface area contributed by atoms with E-state index in [4.69, 9.17) is 19.3 Å². The number of nitrogens with zero attached hydrogens (tertiary/aromatic N) is 2. The lowest BCUT2D eigenvalue weighted by atomic mass is 9.72. The van der Waals surface area contributed by atoms with Gasteiger partial charge in [-0.25, -0.2) is 0 Å². The minimum absolute atomic E-state index is 0.0195. The van der Waals surface area contributed by atoms with Crippen molar-refractivity contribution in [3.8, 4) is 11.5 Å². The number of hydrogen-bond acceptors (Lipinski definition) is 7. The van der Waals surface area contributed by atoms with Crippen molar-refractivity contribution in [2.75, 3.05) is 33.3 Å². The maximum absolute atomic E-state index is 11.6. The number of carbonyl (C=O) groups is 2. The Labute approximate surface area is 365 Å². The summed E-state index contributed by atoms with van der Waals surface area (Å²) < 4.78 is 17.6. The van der Waals surface area contributed by atoms with E-state index in [1.807, 2.05) is 0 Å². The Morgan fingerprint density at radius 1 is 0.557 bits per heavy atom. The molecule has 4 aromatic rings. The number of aliphatic carboxylic acids is 1. The number of carbonyl (C=O) groups excluding carboxylic acids is 1. The van der Waals surface area contributed by atoms with E-state index in [-0.39, 0.29) is 23.8 Å². The molecule has 0 radical (unpaired) electrons. The van der Waals surface area contributed by atoms with Crippen LogP contribution < -0.4 is 9.47 Å². The molecule has 1 N–H and O–H groups in total. The van der Waals surface area contributed by atoms with Crippen LogP contribution in [-0.4, -0.2) is 72.3 Å². The van der Waals surface area contributed by atoms with Crippen molar-refractivity contribution in [2.24, 2.45) is 34.5 Å². The van der Waals surface area contributed by atoms with Crippen LogP contribution in [0.1, 0.15) is 130 Å². The van der Waals surface area contributed by atoms with Gasteiger partial charge in [0.1, 0.15) is 11.5 Å². The molecule has 0 aromatic heterocycles. The van der Waals surface area contributed by atoms with Crippen LogP contribution in [0.15, 0.2) is 72.8 Å². The lowest BCUT2D eigenvalue weighted by Crippen LogP contribution is -2.51. The normalized spacial score (nSPS) is 24.1. The summed E-state index contributed by atoms with van der Waals surface area (Å²) in [4.78, 5) is 27.3. The second-order valence-electron chi connectivity index (χ2n) is 21.0. The van der Waals surface area contributed by atoms with Crippen LogP contribution in [0, 0.1) is 34.5 Å². The molecule has 2 saturated carbocycles. The Hall–Kier alpha value is -4.14. The van der Waals surface area contributed by atoms with Crippen LogP contribution in [-0.2, 0) is 14.3 Å². The summed E-state index contributed by atoms with van der Waals surface area (Å²) in [5, 5.41) is 13.9. The van der Waals surface area contributed by atoms with Gasteiger partial charge in [0.05, 0.1) is 31.2 Å². The monoisotopic (exact) mass is 833 g/mol. The molecular formula is C53H72N2O6. The topological polar surface area (TPSA) is 88.5 Å². The SMILES string of the molecule is CC(c1ccc2cc(OC3CCC(C(C)(C)C)CC3)ccc2c1)N1CC(C(=O)O)C1.COC(=O)C1CN(C(C)c2ccc3cc(OC4CCC(C(C)(C)C)CC4)ccc3c2)C1. The number of hydrogen-bond donors (Lipinski definition) is 1. The Kier molecular flexibility index (Phi) is 13.8. The van der Waals surface area contributed by atoms with Gasteiger partial charge >= 0.3 is 11.9 Å². The van der Waals surface area contributed by atoms with Crippen molar-refractivity contribution >= 4 is 33.5 Å². The molecule has 4 aliphatic rings. The smallest absolute Gasteiger partial charge is 0.311 e. The molecule has 0 amide bonds. The van der Waals surface area contributed by atoms with E-state index in [0.717, 1.165) is 62.1 Å². The number of benzene rings is 4. The lowest BCUT2D eigenvalue weighted by molar-refractivity contribution is -0.152. The summed E-state index contributed by atoms with van der Waals surface area (Å²) in [5.74, 6) is 2.57. The fourth-order valence-electron chi connectivity index (χ4n) is 10.2. The van der Waals surface area contributed by atoms with E-state index in [0.29, 0.717) is 42.2 Å². The molecular weight excluding hydrogens is 761 g/mol. The second-order valence-corrected chi connectivity index (χ2v) is 21.0. The maximum atomic E-state index is 11.6. The van der Waals surface area contributed by atoms with Gasteiger partial charge in [0.2, 0.25) is 0 Å². The van der Waals surface area contributed by atoms with Gasteiger partial charge in [0.25, 0.3) is 0 Å². The second kappa shape index (κ2) is 18.7. The fraction of sp³-hybridized carbons (Fsp3) is 0.585. The largest absolute Gasteiger partial charge is 0.490 e. The van der Waals surface area contributed by atoms with E-state index in [2.05, 4.69) is 138 Å². The first-order valence-electron chi connectivity index (χ1n) is 23.1. The third-order valence-electron chi connectivity index (χ3n) is 14.8. The summed E-state index contributed by atoms with van der Waals surface area (Å²) in [7, 11) is 1.46. The standard InChI is InChI=1S/C27H37NO3.C26H35NO3/c1-18(28-16-22(17-28)26(29)30-5)19-6-7-21-15-25(11-8-20(21)14-19)31-24-12-9-23(10-13-24)27(2,3)4;1-17(27-15-21(16-27)25(28)29)18-5-6-20-14-24(10-7-19(20)13-18)30-23-11-8-22(9-12-23)26(2,3)4/h6-8,11,14-15,18,22-24H,9-10,12-13,16-17H2,1-5H3;5-7,10,13-14,17,21-23H,8-9,11-12,15-16H2,1-4H3,(H,28,29). The molecule has 4 fully saturated rings. The number of esters is 1. The molecule has 8 heteroatoms. The van der Waals surface area contributed by atoms with Gasteiger partial charge in [0, 0.05) is 38.3 Å². The zero-order valence-electron chi connectivity index (χ0n) is 38.4. The van der Waals surface area contributed by atoms with Gasteiger partial charge < -0.3 is 19.3 Å². The van der Waals surface area contributed by atoms with Crippen LogP contribution in [0.5, 0.6) is 11.5 Å². The third kappa shape index (κ3) is 10.9. The van der Waals surface area contributed by atoms with E-state index in [9.17, 15) is 9.59 Å². The van der Waals surface area contributed by atoms with Crippen LogP contribution in [0.4, 0.5) is 0 Å². The molecule has 8 nitrogen and oxygen atoms in total. The number of fused-ring (bicyclic) bond motifs is 2. The molecule has 2 unspecified atom stereocenters. The maximum Gasteiger partial charge on any atom is 0.311 e. The summed E-state index contributed by atoms with van der Waals surface area (Å²) in [6.07, 6.45) is 10.3. The Balaban J connectivity index is 0.000000184. The highest BCUT2D eigenvalue weighted by atomic mass is 16.5. The fourth-order valence-corrected chi connectivity index (χ4v) is 10.2. The van der Waals surface area contributed by atoms with E-state index in [1.165, 1.54) is 65.5 Å². The molecule has 8 rings (SSSR count). The Morgan fingerprint density at radius 2 is 0.918 bits per heavy atom. The number of ether oxygens (including phenoxy) is 3. The molecule has 2 saturated heterocycles. The highest BCUT2D eigenvalue weighted by Gasteiger charge is 2.37. The van der Waals surface area contributed by atoms with Crippen molar-refractivity contribution in [1.29, 1.82) is 0 Å². The van der Waals surface area contributed by atoms with Crippen LogP contribution in [0.25, 0.3) is 21.5 Å². The number of carboxylic acid groups (broad SMARTS) is 1. The molecule has 2 heterocycles. The number of likely N-dealkylation sites (tertiary alicyclic amines) is 2. The van der Waals surface area contributed by atoms with E-state index >= 15 is 0 Å². The Morgan fingerprint density at radius 3 is 1.28 bits per heavy atom. The van der Waals surface area contributed by atoms with Gasteiger partial charge in [-0.2, -0.15) is 0 Å². The lowest BCUT2D eigenvalue weighted by Gasteiger charge is -2.41. The first-order valence-corrected chi connectivity index (χ1v) is 23.1. The molecule has 2 atom stereocenters. The molecule has 61 heavy (non-hydrogen) atoms. The van der Waals surface area contributed by atoms with Gasteiger partial charge in [0.15, 0.2) is 0 Å². The van der Waals surface area contributed by atoms with Gasteiger partial charge in [-0.3, -0.25) is 19.4 Å². The van der Waals surface area contributed by atoms with Crippen LogP contribution in [0.3, 0.4) is 0 Å². The Bertz CT molecular complexity index is 2120. The molecule has 2 aliphatic heterocycles. The first-order chi connectivity index (χ1) is 28.9. The zero-order chi connectivity index (χ0) is 43.6. The number of carboxylic acids is 1. The van der Waals surface area contributed by atoms with Gasteiger partial charge in [-0.1, -0.05) is 77.9 Å². The molecule has 330 valence electrons. The van der Waals surface area contributed by atoms with Crippen molar-refractivity contribution in [1.82, 2.24) is 9.80 Å². The minimum Gasteiger partial charge on any atom is -0.490 e. The predicted molar refractivity (Wildman–Crippen MR) is 246 cm³/mol. The van der Waals surface area contributed by atoms with Gasteiger partial charge in [-0.15, -0.1) is 0 Å². The van der Waals surface area contributed by atoms with Crippen molar-refractivity contribution < 1.29 is 28.9 Å². The number of rotatable bonds is 10. The quantitative estimate of drug-likeness (QED) is 0.158. The van der Waals surface area contributed by atoms with Crippen molar-refractivity contribution in [2.45, 2.75) is 131 Å². The summed E-state index contributed by atoms with van der Waals surface area (Å²) >= 11 is 0. The molecule has 2 aliphatic carbocycles. The highest BCUT2D eigenvalue weighted by Crippen LogP contribution is 2.41.